The first-order chi connectivity index (χ1) is 12.7. The average Bonchev–Trinajstić information content (AvgIpc) is 3.18. The predicted octanol–water partition coefficient (Wildman–Crippen LogP) is 4.57. The van der Waals surface area contributed by atoms with Gasteiger partial charge in [-0.25, -0.2) is 0 Å². The van der Waals surface area contributed by atoms with Gasteiger partial charge in [0.2, 0.25) is 0 Å². The quantitative estimate of drug-likeness (QED) is 0.347. The molecule has 1 aliphatic rings. The molecule has 27 heavy (non-hydrogen) atoms. The number of nitrogens with two attached hydrogens (primary N) is 1. The van der Waals surface area contributed by atoms with Gasteiger partial charge in [-0.1, -0.05) is 13.0 Å². The molecule has 0 amide bonds. The van der Waals surface area contributed by atoms with Gasteiger partial charge in [0, 0.05) is 10.6 Å². The molecule has 0 saturated carbocycles. The first-order valence-electron chi connectivity index (χ1n) is 9.14. The minimum atomic E-state index is 0. The van der Waals surface area contributed by atoms with Crippen LogP contribution in [0.4, 0.5) is 5.69 Å². The Morgan fingerprint density at radius 1 is 1.30 bits per heavy atom. The van der Waals surface area contributed by atoms with Crippen LogP contribution in [-0.2, 0) is 0 Å². The van der Waals surface area contributed by atoms with E-state index in [1.54, 1.807) is 18.4 Å². The molecule has 1 atom stereocenters. The van der Waals surface area contributed by atoms with Gasteiger partial charge in [0.05, 0.1) is 19.7 Å². The highest BCUT2D eigenvalue weighted by atomic mass is 127. The van der Waals surface area contributed by atoms with Crippen molar-refractivity contribution in [3.05, 3.63) is 46.7 Å². The van der Waals surface area contributed by atoms with Crippen LogP contribution in [0.25, 0.3) is 0 Å². The number of anilines is 1. The summed E-state index contributed by atoms with van der Waals surface area (Å²) >= 11 is 1.80. The van der Waals surface area contributed by atoms with E-state index >= 15 is 0 Å². The highest BCUT2D eigenvalue weighted by Gasteiger charge is 2.25. The molecule has 1 aliphatic heterocycles. The minimum Gasteiger partial charge on any atom is -0.497 e. The number of benzene rings is 1. The number of nitrogens with zero attached hydrogens (tertiary/aromatic N) is 2. The smallest absolute Gasteiger partial charge is 0.193 e. The molecule has 3 rings (SSSR count). The van der Waals surface area contributed by atoms with Gasteiger partial charge < -0.3 is 15.8 Å². The van der Waals surface area contributed by atoms with E-state index in [4.69, 9.17) is 10.5 Å². The van der Waals surface area contributed by atoms with E-state index < -0.39 is 0 Å². The summed E-state index contributed by atoms with van der Waals surface area (Å²) in [6.45, 7) is 5.27. The van der Waals surface area contributed by atoms with Crippen molar-refractivity contribution in [3.8, 4) is 5.75 Å². The third kappa shape index (κ3) is 6.36. The number of piperidine rings is 1. The van der Waals surface area contributed by atoms with Crippen molar-refractivity contribution in [3.63, 3.8) is 0 Å². The number of methoxy groups -OCH3 is 1. The molecule has 7 heteroatoms. The first kappa shape index (κ1) is 22.0. The summed E-state index contributed by atoms with van der Waals surface area (Å²) < 4.78 is 5.18. The summed E-state index contributed by atoms with van der Waals surface area (Å²) in [6.07, 6.45) is 2.51. The van der Waals surface area contributed by atoms with Crippen LogP contribution in [0.15, 0.2) is 46.8 Å². The molecule has 2 heterocycles. The van der Waals surface area contributed by atoms with Crippen LogP contribution in [0.1, 0.15) is 30.7 Å². The van der Waals surface area contributed by atoms with Crippen molar-refractivity contribution in [1.82, 2.24) is 4.90 Å². The van der Waals surface area contributed by atoms with Crippen molar-refractivity contribution in [1.29, 1.82) is 0 Å². The molecule has 1 aromatic carbocycles. The Bertz CT molecular complexity index is 697. The number of thiophene rings is 1. The Morgan fingerprint density at radius 3 is 2.59 bits per heavy atom. The molecule has 1 saturated heterocycles. The maximum atomic E-state index is 6.12. The predicted molar refractivity (Wildman–Crippen MR) is 126 cm³/mol. The van der Waals surface area contributed by atoms with Crippen LogP contribution < -0.4 is 15.8 Å². The minimum absolute atomic E-state index is 0. The Kier molecular flexibility index (Phi) is 8.85. The van der Waals surface area contributed by atoms with Crippen LogP contribution in [0.5, 0.6) is 5.75 Å². The second kappa shape index (κ2) is 10.9. The number of rotatable bonds is 6. The Labute approximate surface area is 183 Å². The number of nitrogens with one attached hydrogen (secondary N) is 1. The van der Waals surface area contributed by atoms with Gasteiger partial charge in [-0.15, -0.1) is 35.3 Å². The lowest BCUT2D eigenvalue weighted by molar-refractivity contribution is 0.143. The number of halogens is 1. The average molecular weight is 500 g/mol. The van der Waals surface area contributed by atoms with E-state index in [1.807, 2.05) is 24.3 Å². The van der Waals surface area contributed by atoms with Crippen molar-refractivity contribution in [2.24, 2.45) is 16.6 Å². The number of ether oxygens (including phenoxy) is 1. The topological polar surface area (TPSA) is 62.9 Å². The lowest BCUT2D eigenvalue weighted by Crippen LogP contribution is -2.37. The number of hydrogen-bond donors (Lipinski definition) is 2. The molecular formula is C20H29IN4OS. The molecule has 148 valence electrons. The van der Waals surface area contributed by atoms with Crippen molar-refractivity contribution >= 4 is 47.0 Å². The molecule has 1 aromatic heterocycles. The van der Waals surface area contributed by atoms with E-state index in [2.05, 4.69) is 39.6 Å². The monoisotopic (exact) mass is 500 g/mol. The second-order valence-electron chi connectivity index (χ2n) is 6.83. The fourth-order valence-corrected chi connectivity index (χ4v) is 4.11. The first-order valence-corrected chi connectivity index (χ1v) is 10.0. The molecule has 1 unspecified atom stereocenters. The third-order valence-electron chi connectivity index (χ3n) is 4.93. The molecule has 0 bridgehead atoms. The lowest BCUT2D eigenvalue weighted by Gasteiger charge is -2.35. The van der Waals surface area contributed by atoms with Gasteiger partial charge >= 0.3 is 0 Å². The van der Waals surface area contributed by atoms with E-state index in [0.29, 0.717) is 18.5 Å². The number of aliphatic imine (C=N–C) groups is 1. The zero-order valence-corrected chi connectivity index (χ0v) is 19.1. The normalized spacial score (nSPS) is 17.2. The summed E-state index contributed by atoms with van der Waals surface area (Å²) in [5.74, 6) is 2.09. The fraction of sp³-hybridized carbons (Fsp3) is 0.450. The van der Waals surface area contributed by atoms with Crippen LogP contribution in [0, 0.1) is 5.92 Å². The van der Waals surface area contributed by atoms with Crippen LogP contribution in [-0.4, -0.2) is 37.6 Å². The zero-order valence-electron chi connectivity index (χ0n) is 15.9. The van der Waals surface area contributed by atoms with Crippen molar-refractivity contribution < 1.29 is 4.74 Å². The summed E-state index contributed by atoms with van der Waals surface area (Å²) in [7, 11) is 1.66. The fourth-order valence-electron chi connectivity index (χ4n) is 3.25. The summed E-state index contributed by atoms with van der Waals surface area (Å²) in [5.41, 5.74) is 7.03. The van der Waals surface area contributed by atoms with Crippen LogP contribution in [0.2, 0.25) is 0 Å². The molecule has 1 fully saturated rings. The maximum absolute atomic E-state index is 6.12. The summed E-state index contributed by atoms with van der Waals surface area (Å²) in [6, 6.07) is 12.3. The van der Waals surface area contributed by atoms with Crippen LogP contribution >= 0.6 is 35.3 Å². The SMILES string of the molecule is COc1ccc(NC(N)=NCC(c2cccs2)N2CCC(C)CC2)cc1.I. The zero-order chi connectivity index (χ0) is 18.4. The molecule has 0 aliphatic carbocycles. The molecular weight excluding hydrogens is 471 g/mol. The summed E-state index contributed by atoms with van der Waals surface area (Å²) in [4.78, 5) is 8.54. The van der Waals surface area contributed by atoms with Crippen LogP contribution in [0.3, 0.4) is 0 Å². The Morgan fingerprint density at radius 2 is 2.00 bits per heavy atom. The van der Waals surface area contributed by atoms with Gasteiger partial charge in [-0.3, -0.25) is 9.89 Å². The van der Waals surface area contributed by atoms with Gasteiger partial charge in [-0.2, -0.15) is 0 Å². The molecule has 5 nitrogen and oxygen atoms in total. The van der Waals surface area contributed by atoms with E-state index in [-0.39, 0.29) is 24.0 Å². The molecule has 3 N–H and O–H groups in total. The Hall–Kier alpha value is -1.32. The van der Waals surface area contributed by atoms with Gasteiger partial charge in [-0.05, 0) is 67.6 Å². The Balaban J connectivity index is 0.00000261. The van der Waals surface area contributed by atoms with E-state index in [0.717, 1.165) is 30.4 Å². The molecule has 2 aromatic rings. The van der Waals surface area contributed by atoms with Crippen molar-refractivity contribution in [2.45, 2.75) is 25.8 Å². The number of hydrogen-bond acceptors (Lipinski definition) is 4. The molecule has 0 radical (unpaired) electrons. The standard InChI is InChI=1S/C20H28N4OS.HI/c1-15-9-11-24(12-10-15)18(19-4-3-13-26-19)14-22-20(21)23-16-5-7-17(25-2)8-6-16;/h3-8,13,15,18H,9-12,14H2,1-2H3,(H3,21,22,23);1H. The van der Waals surface area contributed by atoms with Crippen molar-refractivity contribution in [2.75, 3.05) is 32.1 Å². The van der Waals surface area contributed by atoms with E-state index in [9.17, 15) is 0 Å². The number of likely N-dealkylation sites (tertiary alicyclic amines) is 1. The van der Waals surface area contributed by atoms with E-state index in [1.165, 1.54) is 17.7 Å². The highest BCUT2D eigenvalue weighted by Crippen LogP contribution is 2.29. The maximum Gasteiger partial charge on any atom is 0.193 e. The highest BCUT2D eigenvalue weighted by molar-refractivity contribution is 14.0. The van der Waals surface area contributed by atoms with Gasteiger partial charge in [0.1, 0.15) is 5.75 Å². The lowest BCUT2D eigenvalue weighted by atomic mass is 9.97. The van der Waals surface area contributed by atoms with Gasteiger partial charge in [0.15, 0.2) is 5.96 Å². The number of guanidine groups is 1. The second-order valence-corrected chi connectivity index (χ2v) is 7.81. The van der Waals surface area contributed by atoms with Gasteiger partial charge in [0.25, 0.3) is 0 Å². The summed E-state index contributed by atoms with van der Waals surface area (Å²) in [5, 5.41) is 5.30. The largest absolute Gasteiger partial charge is 0.497 e. The molecule has 0 spiro atoms. The third-order valence-corrected chi connectivity index (χ3v) is 5.90.